The van der Waals surface area contributed by atoms with Gasteiger partial charge in [0.05, 0.1) is 6.54 Å². The molecule has 1 atom stereocenters. The molecule has 1 aromatic rings. The Balaban J connectivity index is 1.64. The summed E-state index contributed by atoms with van der Waals surface area (Å²) in [6, 6.07) is 0.494. The van der Waals surface area contributed by atoms with E-state index in [1.807, 2.05) is 0 Å². The Bertz CT molecular complexity index is 549. The molecule has 2 saturated carbocycles. The molecule has 3 rings (SSSR count). The Morgan fingerprint density at radius 2 is 2.19 bits per heavy atom. The molecular formula is C14H18ClN3O3. The minimum atomic E-state index is -0.571. The molecule has 1 aromatic heterocycles. The van der Waals surface area contributed by atoms with Crippen LogP contribution in [0.25, 0.3) is 0 Å². The highest BCUT2D eigenvalue weighted by Crippen LogP contribution is 2.29. The van der Waals surface area contributed by atoms with Gasteiger partial charge in [-0.1, -0.05) is 0 Å². The molecule has 2 aliphatic rings. The molecule has 0 radical (unpaired) electrons. The van der Waals surface area contributed by atoms with Gasteiger partial charge in [-0.25, -0.2) is 4.98 Å². The van der Waals surface area contributed by atoms with E-state index in [4.69, 9.17) is 16.0 Å². The maximum atomic E-state index is 12.1. The summed E-state index contributed by atoms with van der Waals surface area (Å²) in [5.41, 5.74) is 0.263. The standard InChI is InChI=1S/C14H18ClN3O3/c1-8(15)14(20)18(10-4-5-10)6-12-17-11(7-21-12)13(19)16-9-2-3-9/h7-10H,2-6H2,1H3,(H,16,19). The minimum Gasteiger partial charge on any atom is -0.446 e. The molecule has 0 aliphatic heterocycles. The van der Waals surface area contributed by atoms with Crippen molar-refractivity contribution in [3.05, 3.63) is 17.8 Å². The monoisotopic (exact) mass is 311 g/mol. The van der Waals surface area contributed by atoms with Gasteiger partial charge in [-0.05, 0) is 32.6 Å². The molecule has 1 unspecified atom stereocenters. The molecule has 2 aliphatic carbocycles. The molecule has 21 heavy (non-hydrogen) atoms. The molecule has 1 N–H and O–H groups in total. The number of carbonyl (C=O) groups excluding carboxylic acids is 2. The lowest BCUT2D eigenvalue weighted by molar-refractivity contribution is -0.132. The van der Waals surface area contributed by atoms with Crippen molar-refractivity contribution in [3.8, 4) is 0 Å². The zero-order chi connectivity index (χ0) is 15.0. The first-order chi connectivity index (χ1) is 10.0. The lowest BCUT2D eigenvalue weighted by atomic mass is 10.3. The van der Waals surface area contributed by atoms with Gasteiger partial charge in [0, 0.05) is 12.1 Å². The van der Waals surface area contributed by atoms with Gasteiger partial charge in [-0.15, -0.1) is 11.6 Å². The number of nitrogens with one attached hydrogen (secondary N) is 1. The summed E-state index contributed by atoms with van der Waals surface area (Å²) in [7, 11) is 0. The summed E-state index contributed by atoms with van der Waals surface area (Å²) in [5.74, 6) is 0.0253. The fourth-order valence-electron chi connectivity index (χ4n) is 2.12. The third-order valence-corrected chi connectivity index (χ3v) is 3.80. The Labute approximate surface area is 127 Å². The van der Waals surface area contributed by atoms with E-state index in [-0.39, 0.29) is 36.1 Å². The SMILES string of the molecule is CC(Cl)C(=O)N(Cc1nc(C(=O)NC2CC2)co1)C1CC1. The van der Waals surface area contributed by atoms with Crippen LogP contribution in [0.5, 0.6) is 0 Å². The van der Waals surface area contributed by atoms with Crippen molar-refractivity contribution in [2.45, 2.75) is 56.6 Å². The van der Waals surface area contributed by atoms with Crippen LogP contribution in [0.2, 0.25) is 0 Å². The highest BCUT2D eigenvalue weighted by atomic mass is 35.5. The van der Waals surface area contributed by atoms with Gasteiger partial charge >= 0.3 is 0 Å². The summed E-state index contributed by atoms with van der Waals surface area (Å²) < 4.78 is 5.32. The van der Waals surface area contributed by atoms with Crippen LogP contribution in [0.4, 0.5) is 0 Å². The number of halogens is 1. The molecule has 0 bridgehead atoms. The summed E-state index contributed by atoms with van der Waals surface area (Å²) in [6.07, 6.45) is 5.34. The second-order valence-corrected chi connectivity index (χ2v) is 6.34. The van der Waals surface area contributed by atoms with Crippen LogP contribution in [0.1, 0.15) is 49.0 Å². The number of alkyl halides is 1. The van der Waals surface area contributed by atoms with Crippen LogP contribution < -0.4 is 5.32 Å². The van der Waals surface area contributed by atoms with E-state index in [0.717, 1.165) is 25.7 Å². The first-order valence-electron chi connectivity index (χ1n) is 7.24. The van der Waals surface area contributed by atoms with Crippen LogP contribution in [0, 0.1) is 0 Å². The van der Waals surface area contributed by atoms with Crippen molar-refractivity contribution in [1.82, 2.24) is 15.2 Å². The van der Waals surface area contributed by atoms with Crippen molar-refractivity contribution in [2.24, 2.45) is 0 Å². The topological polar surface area (TPSA) is 75.4 Å². The fraction of sp³-hybridized carbons (Fsp3) is 0.643. The van der Waals surface area contributed by atoms with Crippen LogP contribution in [0.3, 0.4) is 0 Å². The van der Waals surface area contributed by atoms with Gasteiger partial charge in [-0.3, -0.25) is 9.59 Å². The zero-order valence-electron chi connectivity index (χ0n) is 11.8. The van der Waals surface area contributed by atoms with Gasteiger partial charge in [0.1, 0.15) is 11.6 Å². The van der Waals surface area contributed by atoms with Gasteiger partial charge in [0.15, 0.2) is 5.69 Å². The van der Waals surface area contributed by atoms with Crippen molar-refractivity contribution in [1.29, 1.82) is 0 Å². The quantitative estimate of drug-likeness (QED) is 0.811. The third kappa shape index (κ3) is 3.56. The van der Waals surface area contributed by atoms with E-state index in [9.17, 15) is 9.59 Å². The highest BCUT2D eigenvalue weighted by Gasteiger charge is 2.35. The molecule has 2 fully saturated rings. The van der Waals surface area contributed by atoms with Crippen molar-refractivity contribution in [3.63, 3.8) is 0 Å². The summed E-state index contributed by atoms with van der Waals surface area (Å²) >= 11 is 5.87. The number of oxazole rings is 1. The highest BCUT2D eigenvalue weighted by molar-refractivity contribution is 6.30. The molecule has 0 saturated heterocycles. The maximum Gasteiger partial charge on any atom is 0.273 e. The fourth-order valence-corrected chi connectivity index (χ4v) is 2.25. The summed E-state index contributed by atoms with van der Waals surface area (Å²) in [4.78, 5) is 29.8. The van der Waals surface area contributed by atoms with Gasteiger partial charge in [-0.2, -0.15) is 0 Å². The van der Waals surface area contributed by atoms with E-state index in [2.05, 4.69) is 10.3 Å². The van der Waals surface area contributed by atoms with E-state index < -0.39 is 5.38 Å². The van der Waals surface area contributed by atoms with Crippen molar-refractivity contribution >= 4 is 23.4 Å². The molecule has 6 nitrogen and oxygen atoms in total. The summed E-state index contributed by atoms with van der Waals surface area (Å²) in [5, 5.41) is 2.28. The number of hydrogen-bond donors (Lipinski definition) is 1. The van der Waals surface area contributed by atoms with Gasteiger partial charge in [0.25, 0.3) is 5.91 Å². The lowest BCUT2D eigenvalue weighted by Crippen LogP contribution is -2.37. The molecule has 2 amide bonds. The Kier molecular flexibility index (Phi) is 3.89. The zero-order valence-corrected chi connectivity index (χ0v) is 12.6. The number of aromatic nitrogens is 1. The number of nitrogens with zero attached hydrogens (tertiary/aromatic N) is 2. The molecule has 114 valence electrons. The Hall–Kier alpha value is -1.56. The predicted molar refractivity (Wildman–Crippen MR) is 75.9 cm³/mol. The van der Waals surface area contributed by atoms with Crippen molar-refractivity contribution < 1.29 is 14.0 Å². The summed E-state index contributed by atoms with van der Waals surface area (Å²) in [6.45, 7) is 1.92. The van der Waals surface area contributed by atoms with Crippen molar-refractivity contribution in [2.75, 3.05) is 0 Å². The van der Waals surface area contributed by atoms with Gasteiger partial charge in [0.2, 0.25) is 11.8 Å². The van der Waals surface area contributed by atoms with E-state index in [0.29, 0.717) is 5.89 Å². The predicted octanol–water partition coefficient (Wildman–Crippen LogP) is 1.69. The van der Waals surface area contributed by atoms with Gasteiger partial charge < -0.3 is 14.6 Å². The average molecular weight is 312 g/mol. The molecule has 0 aromatic carbocycles. The Morgan fingerprint density at radius 3 is 2.76 bits per heavy atom. The largest absolute Gasteiger partial charge is 0.446 e. The molecule has 1 heterocycles. The first kappa shape index (κ1) is 14.4. The number of carbonyl (C=O) groups is 2. The third-order valence-electron chi connectivity index (χ3n) is 3.61. The molecule has 7 heteroatoms. The smallest absolute Gasteiger partial charge is 0.273 e. The van der Waals surface area contributed by atoms with E-state index in [1.54, 1.807) is 11.8 Å². The minimum absolute atomic E-state index is 0.124. The number of hydrogen-bond acceptors (Lipinski definition) is 4. The average Bonchev–Trinajstić information content (AvgIpc) is 3.36. The number of amides is 2. The Morgan fingerprint density at radius 1 is 1.48 bits per heavy atom. The molecule has 0 spiro atoms. The van der Waals surface area contributed by atoms with Crippen LogP contribution in [-0.2, 0) is 11.3 Å². The van der Waals surface area contributed by atoms with Crippen LogP contribution >= 0.6 is 11.6 Å². The number of rotatable bonds is 6. The van der Waals surface area contributed by atoms with Crippen LogP contribution in [-0.4, -0.2) is 39.2 Å². The van der Waals surface area contributed by atoms with E-state index in [1.165, 1.54) is 6.26 Å². The maximum absolute atomic E-state index is 12.1. The second-order valence-electron chi connectivity index (χ2n) is 5.69. The normalized spacial score (nSPS) is 19.1. The second kappa shape index (κ2) is 5.67. The van der Waals surface area contributed by atoms with Crippen LogP contribution in [0.15, 0.2) is 10.7 Å². The van der Waals surface area contributed by atoms with E-state index >= 15 is 0 Å². The molecular weight excluding hydrogens is 294 g/mol. The first-order valence-corrected chi connectivity index (χ1v) is 7.68. The lowest BCUT2D eigenvalue weighted by Gasteiger charge is -2.21.